The number of fused-ring (bicyclic) bond motifs is 7. The molecule has 0 saturated carbocycles. The number of ether oxygens (including phenoxy) is 4. The molecule has 0 N–H and O–H groups in total. The van der Waals surface area contributed by atoms with E-state index in [0.717, 1.165) is 4.90 Å². The average Bonchev–Trinajstić information content (AvgIpc) is 3.15. The molecule has 2 fully saturated rings. The van der Waals surface area contributed by atoms with Crippen LogP contribution in [0.2, 0.25) is 0 Å². The Morgan fingerprint density at radius 2 is 1.77 bits per heavy atom. The van der Waals surface area contributed by atoms with Gasteiger partial charge in [0.15, 0.2) is 23.9 Å². The molecule has 1 aromatic carbocycles. The molecule has 9 heteroatoms. The molecular weight excluding hydrogens is 392 g/mol. The lowest BCUT2D eigenvalue weighted by molar-refractivity contribution is -0.197. The van der Waals surface area contributed by atoms with Gasteiger partial charge in [-0.25, -0.2) is 4.79 Å². The SMILES string of the molecule is COC1=CC2=CC(=O)[C@H]3O[C@H]([C@@H]4OC(C)(C)O[C@@H]43)N2C(=O)N1C(=O)c1ccccc1. The Hall–Kier alpha value is -3.01. The van der Waals surface area contributed by atoms with Crippen LogP contribution in [0.3, 0.4) is 0 Å². The maximum atomic E-state index is 13.5. The number of amides is 3. The Balaban J connectivity index is 1.58. The highest BCUT2D eigenvalue weighted by molar-refractivity contribution is 6.07. The number of hydrogen-bond donors (Lipinski definition) is 0. The van der Waals surface area contributed by atoms with E-state index in [-0.39, 0.29) is 17.4 Å². The second-order valence-corrected chi connectivity index (χ2v) is 7.83. The lowest BCUT2D eigenvalue weighted by Crippen LogP contribution is -2.55. The molecule has 5 rings (SSSR count). The molecule has 0 unspecified atom stereocenters. The van der Waals surface area contributed by atoms with Crippen LogP contribution in [0.1, 0.15) is 24.2 Å². The van der Waals surface area contributed by atoms with Gasteiger partial charge in [0.2, 0.25) is 5.88 Å². The van der Waals surface area contributed by atoms with Gasteiger partial charge in [-0.05, 0) is 26.0 Å². The average molecular weight is 412 g/mol. The number of rotatable bonds is 2. The quantitative estimate of drug-likeness (QED) is 0.731. The molecule has 4 aliphatic heterocycles. The molecule has 0 aliphatic carbocycles. The number of allylic oxidation sites excluding steroid dienone is 1. The fourth-order valence-electron chi connectivity index (χ4n) is 4.23. The Morgan fingerprint density at radius 3 is 2.47 bits per heavy atom. The van der Waals surface area contributed by atoms with Crippen LogP contribution in [-0.4, -0.2) is 65.0 Å². The van der Waals surface area contributed by atoms with Gasteiger partial charge in [-0.2, -0.15) is 4.90 Å². The third kappa shape index (κ3) is 2.70. The number of methoxy groups -OCH3 is 1. The number of ketones is 1. The third-order valence-electron chi connectivity index (χ3n) is 5.45. The minimum atomic E-state index is -0.924. The second-order valence-electron chi connectivity index (χ2n) is 7.83. The predicted molar refractivity (Wildman–Crippen MR) is 101 cm³/mol. The zero-order chi connectivity index (χ0) is 21.2. The van der Waals surface area contributed by atoms with Crippen LogP contribution in [0.25, 0.3) is 0 Å². The maximum Gasteiger partial charge on any atom is 0.340 e. The number of carbonyl (C=O) groups excluding carboxylic acids is 3. The maximum absolute atomic E-state index is 13.5. The van der Waals surface area contributed by atoms with Crippen LogP contribution in [0.15, 0.2) is 54.1 Å². The zero-order valence-corrected chi connectivity index (χ0v) is 16.6. The van der Waals surface area contributed by atoms with E-state index < -0.39 is 42.3 Å². The molecule has 4 heterocycles. The van der Waals surface area contributed by atoms with Crippen molar-refractivity contribution in [3.63, 3.8) is 0 Å². The van der Waals surface area contributed by atoms with Gasteiger partial charge >= 0.3 is 6.03 Å². The smallest absolute Gasteiger partial charge is 0.340 e. The summed E-state index contributed by atoms with van der Waals surface area (Å²) in [6, 6.07) is 7.70. The Kier molecular flexibility index (Phi) is 4.11. The lowest BCUT2D eigenvalue weighted by atomic mass is 10.0. The summed E-state index contributed by atoms with van der Waals surface area (Å²) in [6.45, 7) is 3.48. The summed E-state index contributed by atoms with van der Waals surface area (Å²) >= 11 is 0. The highest BCUT2D eigenvalue weighted by atomic mass is 16.8. The van der Waals surface area contributed by atoms with Crippen molar-refractivity contribution in [2.45, 2.75) is 44.2 Å². The standard InChI is InChI=1S/C21H20N2O7/c1-21(2)29-16-15-13(24)9-12-10-14(27-3)23(18(25)11-7-5-4-6-8-11)20(26)22(12)19(28-15)17(16)30-21/h4-10,15-17,19H,1-3H3/t15-,16-,17-,19-/m1/s1. The van der Waals surface area contributed by atoms with Crippen molar-refractivity contribution in [3.8, 4) is 0 Å². The van der Waals surface area contributed by atoms with Gasteiger partial charge in [0, 0.05) is 17.7 Å². The fraction of sp³-hybridized carbons (Fsp3) is 0.381. The third-order valence-corrected chi connectivity index (χ3v) is 5.45. The van der Waals surface area contributed by atoms with E-state index in [1.54, 1.807) is 44.2 Å². The number of hydrogen-bond acceptors (Lipinski definition) is 7. The minimum absolute atomic E-state index is 0.0161. The van der Waals surface area contributed by atoms with Crippen LogP contribution >= 0.6 is 0 Å². The van der Waals surface area contributed by atoms with Gasteiger partial charge in [-0.1, -0.05) is 18.2 Å². The number of imide groups is 1. The summed E-state index contributed by atoms with van der Waals surface area (Å²) in [5.41, 5.74) is 0.593. The van der Waals surface area contributed by atoms with Gasteiger partial charge in [0.25, 0.3) is 5.91 Å². The molecule has 2 saturated heterocycles. The molecule has 4 aliphatic rings. The molecular formula is C21H20N2O7. The normalized spacial score (nSPS) is 31.6. The fourth-order valence-corrected chi connectivity index (χ4v) is 4.23. The van der Waals surface area contributed by atoms with Crippen LogP contribution in [-0.2, 0) is 23.7 Å². The number of urea groups is 1. The largest absolute Gasteiger partial charge is 0.482 e. The molecule has 0 spiro atoms. The number of carbonyl (C=O) groups is 3. The van der Waals surface area contributed by atoms with Crippen LogP contribution in [0, 0.1) is 0 Å². The molecule has 0 aromatic heterocycles. The van der Waals surface area contributed by atoms with E-state index in [1.807, 2.05) is 0 Å². The summed E-state index contributed by atoms with van der Waals surface area (Å²) in [6.07, 6.45) is -0.350. The zero-order valence-electron chi connectivity index (χ0n) is 16.6. The minimum Gasteiger partial charge on any atom is -0.482 e. The van der Waals surface area contributed by atoms with Gasteiger partial charge in [0.05, 0.1) is 12.8 Å². The summed E-state index contributed by atoms with van der Waals surface area (Å²) in [5.74, 6) is -1.80. The molecule has 3 amide bonds. The van der Waals surface area contributed by atoms with Crippen molar-refractivity contribution >= 4 is 17.7 Å². The van der Waals surface area contributed by atoms with Gasteiger partial charge < -0.3 is 18.9 Å². The van der Waals surface area contributed by atoms with E-state index in [1.165, 1.54) is 24.2 Å². The van der Waals surface area contributed by atoms with Gasteiger partial charge in [-0.3, -0.25) is 14.5 Å². The van der Waals surface area contributed by atoms with E-state index >= 15 is 0 Å². The Morgan fingerprint density at radius 1 is 1.07 bits per heavy atom. The monoisotopic (exact) mass is 412 g/mol. The van der Waals surface area contributed by atoms with E-state index in [4.69, 9.17) is 18.9 Å². The first kappa shape index (κ1) is 19.0. The predicted octanol–water partition coefficient (Wildman–Crippen LogP) is 1.76. The van der Waals surface area contributed by atoms with Crippen molar-refractivity contribution in [1.82, 2.24) is 9.80 Å². The van der Waals surface area contributed by atoms with Crippen molar-refractivity contribution in [1.29, 1.82) is 0 Å². The van der Waals surface area contributed by atoms with Crippen molar-refractivity contribution in [2.24, 2.45) is 0 Å². The van der Waals surface area contributed by atoms with Crippen LogP contribution in [0.5, 0.6) is 0 Å². The van der Waals surface area contributed by atoms with Crippen LogP contribution in [0.4, 0.5) is 4.79 Å². The highest BCUT2D eigenvalue weighted by Gasteiger charge is 2.62. The Labute approximate surface area is 172 Å². The molecule has 1 aromatic rings. The first-order chi connectivity index (χ1) is 14.3. The molecule has 30 heavy (non-hydrogen) atoms. The molecule has 2 bridgehead atoms. The van der Waals surface area contributed by atoms with E-state index in [0.29, 0.717) is 5.56 Å². The van der Waals surface area contributed by atoms with Crippen molar-refractivity contribution in [3.05, 3.63) is 59.6 Å². The molecule has 4 atom stereocenters. The summed E-state index contributed by atoms with van der Waals surface area (Å²) in [5, 5.41) is 0. The second kappa shape index (κ2) is 6.49. The molecule has 9 nitrogen and oxygen atoms in total. The summed E-state index contributed by atoms with van der Waals surface area (Å²) in [4.78, 5) is 41.6. The van der Waals surface area contributed by atoms with E-state index in [9.17, 15) is 14.4 Å². The van der Waals surface area contributed by atoms with Gasteiger partial charge in [-0.15, -0.1) is 0 Å². The summed E-state index contributed by atoms with van der Waals surface area (Å²) in [7, 11) is 1.36. The lowest BCUT2D eigenvalue weighted by Gasteiger charge is -2.38. The van der Waals surface area contributed by atoms with Gasteiger partial charge in [0.1, 0.15) is 12.2 Å². The Bertz CT molecular complexity index is 1000. The number of benzene rings is 1. The topological polar surface area (TPSA) is 94.6 Å². The van der Waals surface area contributed by atoms with E-state index in [2.05, 4.69) is 0 Å². The van der Waals surface area contributed by atoms with Crippen molar-refractivity contribution in [2.75, 3.05) is 7.11 Å². The first-order valence-corrected chi connectivity index (χ1v) is 9.56. The summed E-state index contributed by atoms with van der Waals surface area (Å²) < 4.78 is 23.0. The van der Waals surface area contributed by atoms with Crippen LogP contribution < -0.4 is 0 Å². The molecule has 156 valence electrons. The number of nitrogens with zero attached hydrogens (tertiary/aromatic N) is 2. The molecule has 0 radical (unpaired) electrons. The first-order valence-electron chi connectivity index (χ1n) is 9.56. The van der Waals surface area contributed by atoms with Crippen molar-refractivity contribution < 1.29 is 33.3 Å². The highest BCUT2D eigenvalue weighted by Crippen LogP contribution is 2.44.